The molecular formula is C52H33NOS. The van der Waals surface area contributed by atoms with E-state index >= 15 is 0 Å². The van der Waals surface area contributed by atoms with Crippen LogP contribution in [0.1, 0.15) is 0 Å². The SMILES string of the molecule is c1cc(-c2ccc(-c3cccc4ccccc34)cc2)cc(N(c2ccccc2-c2ccc3sc4ccccc4c3c2)c2cccc3oc4ccccc4c23)c1. The van der Waals surface area contributed by atoms with Gasteiger partial charge in [0, 0.05) is 36.8 Å². The van der Waals surface area contributed by atoms with E-state index in [0.717, 1.165) is 50.1 Å². The molecule has 11 rings (SSSR count). The molecule has 0 unspecified atom stereocenters. The lowest BCUT2D eigenvalue weighted by molar-refractivity contribution is 0.669. The van der Waals surface area contributed by atoms with Crippen LogP contribution in [0.5, 0.6) is 0 Å². The van der Waals surface area contributed by atoms with Crippen molar-refractivity contribution in [2.24, 2.45) is 0 Å². The summed E-state index contributed by atoms with van der Waals surface area (Å²) in [5, 5.41) is 7.30. The zero-order valence-electron chi connectivity index (χ0n) is 29.8. The van der Waals surface area contributed by atoms with Crippen molar-refractivity contribution in [1.29, 1.82) is 0 Å². The lowest BCUT2D eigenvalue weighted by atomic mass is 9.96. The van der Waals surface area contributed by atoms with E-state index in [1.165, 1.54) is 53.2 Å². The average Bonchev–Trinajstić information content (AvgIpc) is 3.83. The first-order valence-electron chi connectivity index (χ1n) is 18.7. The van der Waals surface area contributed by atoms with Crippen molar-refractivity contribution in [1.82, 2.24) is 0 Å². The quantitative estimate of drug-likeness (QED) is 0.170. The van der Waals surface area contributed by atoms with Crippen molar-refractivity contribution in [2.75, 3.05) is 4.90 Å². The van der Waals surface area contributed by atoms with E-state index in [9.17, 15) is 0 Å². The molecule has 11 aromatic rings. The van der Waals surface area contributed by atoms with Gasteiger partial charge in [0.05, 0.1) is 16.8 Å². The first-order valence-corrected chi connectivity index (χ1v) is 19.5. The molecule has 0 aliphatic carbocycles. The van der Waals surface area contributed by atoms with Gasteiger partial charge >= 0.3 is 0 Å². The van der Waals surface area contributed by atoms with Gasteiger partial charge in [0.2, 0.25) is 0 Å². The predicted octanol–water partition coefficient (Wildman–Crippen LogP) is 15.6. The molecule has 0 bridgehead atoms. The number of rotatable bonds is 6. The summed E-state index contributed by atoms with van der Waals surface area (Å²) in [5.41, 5.74) is 12.1. The number of para-hydroxylation sites is 2. The Bertz CT molecular complexity index is 3220. The summed E-state index contributed by atoms with van der Waals surface area (Å²) in [6.45, 7) is 0. The molecule has 0 spiro atoms. The minimum absolute atomic E-state index is 0.868. The Kier molecular flexibility index (Phi) is 7.39. The summed E-state index contributed by atoms with van der Waals surface area (Å²) in [6.07, 6.45) is 0. The van der Waals surface area contributed by atoms with Crippen LogP contribution in [0.3, 0.4) is 0 Å². The minimum atomic E-state index is 0.868. The molecule has 258 valence electrons. The Labute approximate surface area is 322 Å². The van der Waals surface area contributed by atoms with E-state index in [-0.39, 0.29) is 0 Å². The van der Waals surface area contributed by atoms with Gasteiger partial charge < -0.3 is 9.32 Å². The van der Waals surface area contributed by atoms with Crippen LogP contribution < -0.4 is 4.90 Å². The van der Waals surface area contributed by atoms with Gasteiger partial charge in [-0.1, -0.05) is 146 Å². The van der Waals surface area contributed by atoms with Crippen molar-refractivity contribution in [3.05, 3.63) is 200 Å². The molecule has 0 aliphatic heterocycles. The fourth-order valence-electron chi connectivity index (χ4n) is 8.30. The van der Waals surface area contributed by atoms with Gasteiger partial charge in [-0.2, -0.15) is 0 Å². The summed E-state index contributed by atoms with van der Waals surface area (Å²) in [5.74, 6) is 0. The number of fused-ring (bicyclic) bond motifs is 7. The van der Waals surface area contributed by atoms with Crippen molar-refractivity contribution < 1.29 is 4.42 Å². The fourth-order valence-corrected chi connectivity index (χ4v) is 9.39. The largest absolute Gasteiger partial charge is 0.456 e. The fraction of sp³-hybridized carbons (Fsp3) is 0. The topological polar surface area (TPSA) is 16.4 Å². The summed E-state index contributed by atoms with van der Waals surface area (Å²) >= 11 is 1.85. The zero-order valence-corrected chi connectivity index (χ0v) is 30.6. The molecule has 2 nitrogen and oxygen atoms in total. The van der Waals surface area contributed by atoms with Crippen molar-refractivity contribution >= 4 is 81.3 Å². The third kappa shape index (κ3) is 5.32. The lowest BCUT2D eigenvalue weighted by Crippen LogP contribution is -2.11. The van der Waals surface area contributed by atoms with E-state index in [4.69, 9.17) is 4.42 Å². The maximum Gasteiger partial charge on any atom is 0.137 e. The predicted molar refractivity (Wildman–Crippen MR) is 235 cm³/mol. The Morgan fingerprint density at radius 1 is 0.364 bits per heavy atom. The number of furan rings is 1. The monoisotopic (exact) mass is 719 g/mol. The normalized spacial score (nSPS) is 11.6. The summed E-state index contributed by atoms with van der Waals surface area (Å²) in [7, 11) is 0. The third-order valence-electron chi connectivity index (χ3n) is 10.9. The molecule has 0 saturated carbocycles. The molecule has 0 amide bonds. The number of benzene rings is 9. The van der Waals surface area contributed by atoms with E-state index in [1.54, 1.807) is 0 Å². The lowest BCUT2D eigenvalue weighted by Gasteiger charge is -2.29. The second-order valence-corrected chi connectivity index (χ2v) is 15.1. The Balaban J connectivity index is 1.09. The van der Waals surface area contributed by atoms with Gasteiger partial charge in [-0.05, 0) is 93.2 Å². The highest BCUT2D eigenvalue weighted by Crippen LogP contribution is 2.47. The molecule has 0 fully saturated rings. The summed E-state index contributed by atoms with van der Waals surface area (Å²) in [4.78, 5) is 2.42. The van der Waals surface area contributed by atoms with Crippen LogP contribution in [0.4, 0.5) is 17.1 Å². The van der Waals surface area contributed by atoms with E-state index in [0.29, 0.717) is 0 Å². The van der Waals surface area contributed by atoms with Gasteiger partial charge in [0.1, 0.15) is 11.2 Å². The summed E-state index contributed by atoms with van der Waals surface area (Å²) in [6, 6.07) is 72.3. The molecule has 0 saturated heterocycles. The highest BCUT2D eigenvalue weighted by molar-refractivity contribution is 7.25. The molecule has 55 heavy (non-hydrogen) atoms. The van der Waals surface area contributed by atoms with Crippen molar-refractivity contribution in [2.45, 2.75) is 0 Å². The number of anilines is 3. The van der Waals surface area contributed by atoms with Gasteiger partial charge in [-0.25, -0.2) is 0 Å². The van der Waals surface area contributed by atoms with Crippen LogP contribution in [0.2, 0.25) is 0 Å². The average molecular weight is 720 g/mol. The number of nitrogens with zero attached hydrogens (tertiary/aromatic N) is 1. The van der Waals surface area contributed by atoms with E-state index in [2.05, 4.69) is 199 Å². The van der Waals surface area contributed by atoms with Crippen LogP contribution in [0, 0.1) is 0 Å². The first-order chi connectivity index (χ1) is 27.3. The zero-order chi connectivity index (χ0) is 36.3. The van der Waals surface area contributed by atoms with Gasteiger partial charge in [0.15, 0.2) is 0 Å². The highest BCUT2D eigenvalue weighted by atomic mass is 32.1. The van der Waals surface area contributed by atoms with Gasteiger partial charge in [-0.3, -0.25) is 0 Å². The number of hydrogen-bond donors (Lipinski definition) is 0. The second-order valence-electron chi connectivity index (χ2n) is 14.1. The van der Waals surface area contributed by atoms with Gasteiger partial charge in [0.25, 0.3) is 0 Å². The molecule has 0 aliphatic rings. The maximum atomic E-state index is 6.45. The molecule has 0 atom stereocenters. The standard InChI is InChI=1S/C52H33NOS/c1-2-16-40-35(12-1)13-10-20-41(40)36-28-26-34(27-29-36)37-14-9-15-39(32-37)53(47-22-11-24-49-52(47)44-19-4-7-23-48(44)54-49)46-21-6-3-17-42(46)38-30-31-51-45(33-38)43-18-5-8-25-50(43)55-51/h1-33H. The van der Waals surface area contributed by atoms with Crippen LogP contribution in [0.15, 0.2) is 205 Å². The first kappa shape index (κ1) is 31.6. The van der Waals surface area contributed by atoms with Crippen molar-refractivity contribution in [3.63, 3.8) is 0 Å². The van der Waals surface area contributed by atoms with Crippen LogP contribution in [-0.4, -0.2) is 0 Å². The maximum absolute atomic E-state index is 6.45. The Morgan fingerprint density at radius 3 is 1.93 bits per heavy atom. The Hall–Kier alpha value is -6.94. The molecule has 2 heterocycles. The van der Waals surface area contributed by atoms with Gasteiger partial charge in [-0.15, -0.1) is 11.3 Å². The molecule has 9 aromatic carbocycles. The molecule has 0 N–H and O–H groups in total. The number of hydrogen-bond acceptors (Lipinski definition) is 3. The number of thiophene rings is 1. The van der Waals surface area contributed by atoms with Crippen LogP contribution in [0.25, 0.3) is 86.3 Å². The molecule has 3 heteroatoms. The van der Waals surface area contributed by atoms with Crippen LogP contribution >= 0.6 is 11.3 Å². The Morgan fingerprint density at radius 2 is 1.00 bits per heavy atom. The summed E-state index contributed by atoms with van der Waals surface area (Å²) < 4.78 is 9.06. The molecular weight excluding hydrogens is 687 g/mol. The molecule has 0 radical (unpaired) electrons. The minimum Gasteiger partial charge on any atom is -0.456 e. The highest BCUT2D eigenvalue weighted by Gasteiger charge is 2.22. The third-order valence-corrected chi connectivity index (χ3v) is 12.0. The smallest absolute Gasteiger partial charge is 0.137 e. The molecule has 2 aromatic heterocycles. The van der Waals surface area contributed by atoms with E-state index in [1.807, 2.05) is 17.4 Å². The second kappa shape index (κ2) is 12.9. The van der Waals surface area contributed by atoms with Crippen LogP contribution in [-0.2, 0) is 0 Å². The van der Waals surface area contributed by atoms with E-state index < -0.39 is 0 Å². The van der Waals surface area contributed by atoms with Crippen molar-refractivity contribution in [3.8, 4) is 33.4 Å².